The Kier molecular flexibility index (Phi) is 7.78. The lowest BCUT2D eigenvalue weighted by atomic mass is 10.1. The molecule has 130 valence electrons. The second-order valence-electron chi connectivity index (χ2n) is 5.97. The second-order valence-corrected chi connectivity index (χ2v) is 5.97. The number of aliphatic hydroxyl groups excluding tert-OH is 2. The molecule has 0 radical (unpaired) electrons. The van der Waals surface area contributed by atoms with Gasteiger partial charge in [-0.3, -0.25) is 15.5 Å². The number of aliphatic hydroxyl groups is 2. The van der Waals surface area contributed by atoms with E-state index in [-0.39, 0.29) is 0 Å². The zero-order valence-corrected chi connectivity index (χ0v) is 13.9. The Labute approximate surface area is 138 Å². The molecule has 1 fully saturated rings. The minimum absolute atomic E-state index is 0.310. The van der Waals surface area contributed by atoms with Crippen molar-refractivity contribution in [2.45, 2.75) is 38.3 Å². The Bertz CT molecular complexity index is 442. The highest BCUT2D eigenvalue weighted by Crippen LogP contribution is 2.19. The van der Waals surface area contributed by atoms with Crippen LogP contribution in [0.4, 0.5) is 0 Å². The number of para-hydroxylation sites is 1. The van der Waals surface area contributed by atoms with Gasteiger partial charge in [-0.25, -0.2) is 0 Å². The van der Waals surface area contributed by atoms with Gasteiger partial charge in [0.15, 0.2) is 0 Å². The van der Waals surface area contributed by atoms with Crippen molar-refractivity contribution in [3.8, 4) is 5.75 Å². The van der Waals surface area contributed by atoms with Crippen LogP contribution >= 0.6 is 0 Å². The van der Waals surface area contributed by atoms with E-state index in [0.717, 1.165) is 51.3 Å². The molecular formula is C17H29N3O3. The van der Waals surface area contributed by atoms with Crippen molar-refractivity contribution in [1.82, 2.24) is 15.5 Å². The molecule has 0 bridgehead atoms. The molecule has 0 spiro atoms. The molecule has 0 aliphatic carbocycles. The fourth-order valence-corrected chi connectivity index (χ4v) is 2.87. The highest BCUT2D eigenvalue weighted by atomic mass is 16.5. The van der Waals surface area contributed by atoms with Crippen LogP contribution in [0.1, 0.15) is 24.8 Å². The van der Waals surface area contributed by atoms with E-state index in [0.29, 0.717) is 6.42 Å². The van der Waals surface area contributed by atoms with Crippen LogP contribution in [0.3, 0.4) is 0 Å². The van der Waals surface area contributed by atoms with Crippen molar-refractivity contribution < 1.29 is 14.9 Å². The molecule has 2 atom stereocenters. The summed E-state index contributed by atoms with van der Waals surface area (Å²) >= 11 is 0. The van der Waals surface area contributed by atoms with E-state index in [1.54, 1.807) is 7.11 Å². The summed E-state index contributed by atoms with van der Waals surface area (Å²) < 4.78 is 5.43. The molecule has 2 rings (SSSR count). The number of methoxy groups -OCH3 is 1. The summed E-state index contributed by atoms with van der Waals surface area (Å²) in [5, 5.41) is 25.7. The summed E-state index contributed by atoms with van der Waals surface area (Å²) in [6.45, 7) is 4.22. The summed E-state index contributed by atoms with van der Waals surface area (Å²) in [6, 6.07) is 8.10. The fourth-order valence-electron chi connectivity index (χ4n) is 2.87. The van der Waals surface area contributed by atoms with Crippen molar-refractivity contribution in [3.63, 3.8) is 0 Å². The first kappa shape index (κ1) is 18.2. The molecule has 2 unspecified atom stereocenters. The van der Waals surface area contributed by atoms with E-state index in [2.05, 4.69) is 21.6 Å². The van der Waals surface area contributed by atoms with Crippen molar-refractivity contribution in [1.29, 1.82) is 0 Å². The summed E-state index contributed by atoms with van der Waals surface area (Å²) in [5.41, 5.74) is 1.18. The second kappa shape index (κ2) is 9.85. The molecule has 1 heterocycles. The summed E-state index contributed by atoms with van der Waals surface area (Å²) in [7, 11) is 1.70. The van der Waals surface area contributed by atoms with Gasteiger partial charge in [-0.2, -0.15) is 0 Å². The molecule has 1 saturated heterocycles. The van der Waals surface area contributed by atoms with E-state index in [4.69, 9.17) is 4.74 Å². The third kappa shape index (κ3) is 6.45. The van der Waals surface area contributed by atoms with Gasteiger partial charge in [0.1, 0.15) is 18.2 Å². The topological polar surface area (TPSA) is 77.0 Å². The van der Waals surface area contributed by atoms with Crippen LogP contribution in [0, 0.1) is 0 Å². The molecule has 1 aliphatic rings. The zero-order chi connectivity index (χ0) is 16.5. The van der Waals surface area contributed by atoms with Crippen molar-refractivity contribution in [2.24, 2.45) is 0 Å². The molecule has 0 saturated carbocycles. The third-order valence-electron chi connectivity index (χ3n) is 4.10. The first-order chi connectivity index (χ1) is 11.2. The molecular weight excluding hydrogens is 294 g/mol. The van der Waals surface area contributed by atoms with Gasteiger partial charge in [-0.1, -0.05) is 18.2 Å². The number of benzene rings is 1. The summed E-state index contributed by atoms with van der Waals surface area (Å²) in [4.78, 5) is 2.39. The van der Waals surface area contributed by atoms with Crippen molar-refractivity contribution in [2.75, 3.05) is 33.3 Å². The maximum atomic E-state index is 9.79. The minimum atomic E-state index is -0.667. The van der Waals surface area contributed by atoms with Crippen molar-refractivity contribution >= 4 is 0 Å². The van der Waals surface area contributed by atoms with Gasteiger partial charge in [0.05, 0.1) is 7.11 Å². The summed E-state index contributed by atoms with van der Waals surface area (Å²) in [6.07, 6.45) is 0.885. The quantitative estimate of drug-likeness (QED) is 0.649. The van der Waals surface area contributed by atoms with Gasteiger partial charge in [0, 0.05) is 18.5 Å². The molecule has 6 nitrogen and oxygen atoms in total. The Hall–Kier alpha value is -1.18. The van der Waals surface area contributed by atoms with Gasteiger partial charge in [0.2, 0.25) is 0 Å². The van der Waals surface area contributed by atoms with E-state index in [1.165, 1.54) is 5.56 Å². The molecule has 23 heavy (non-hydrogen) atoms. The van der Waals surface area contributed by atoms with Crippen molar-refractivity contribution in [3.05, 3.63) is 29.8 Å². The Morgan fingerprint density at radius 2 is 1.70 bits per heavy atom. The molecule has 0 amide bonds. The van der Waals surface area contributed by atoms with Gasteiger partial charge in [-0.05, 0) is 45.1 Å². The number of ether oxygens (including phenoxy) is 1. The van der Waals surface area contributed by atoms with Crippen LogP contribution in [0.15, 0.2) is 24.3 Å². The van der Waals surface area contributed by atoms with Gasteiger partial charge < -0.3 is 14.9 Å². The normalized spacial score (nSPS) is 25.3. The average Bonchev–Trinajstić information content (AvgIpc) is 2.54. The number of hydrogen-bond acceptors (Lipinski definition) is 6. The molecule has 0 aromatic heterocycles. The smallest absolute Gasteiger partial charge is 0.123 e. The maximum Gasteiger partial charge on any atom is 0.123 e. The van der Waals surface area contributed by atoms with Gasteiger partial charge in [-0.15, -0.1) is 0 Å². The van der Waals surface area contributed by atoms with E-state index >= 15 is 0 Å². The lowest BCUT2D eigenvalue weighted by molar-refractivity contribution is 0.0413. The number of nitrogens with one attached hydrogen (secondary N) is 2. The van der Waals surface area contributed by atoms with E-state index < -0.39 is 12.5 Å². The molecule has 1 aromatic rings. The first-order valence-electron chi connectivity index (χ1n) is 8.36. The van der Waals surface area contributed by atoms with Crippen LogP contribution in [0.2, 0.25) is 0 Å². The van der Waals surface area contributed by atoms with Crippen LogP contribution < -0.4 is 15.4 Å². The molecule has 6 heteroatoms. The number of nitrogens with zero attached hydrogens (tertiary/aromatic N) is 1. The van der Waals surface area contributed by atoms with E-state index in [9.17, 15) is 10.2 Å². The van der Waals surface area contributed by atoms with Gasteiger partial charge in [0.25, 0.3) is 0 Å². The fraction of sp³-hybridized carbons (Fsp3) is 0.647. The zero-order valence-electron chi connectivity index (χ0n) is 13.9. The summed E-state index contributed by atoms with van der Waals surface area (Å²) in [5.74, 6) is 0.917. The Balaban J connectivity index is 1.93. The van der Waals surface area contributed by atoms with Crippen LogP contribution in [0.5, 0.6) is 5.75 Å². The predicted molar refractivity (Wildman–Crippen MR) is 90.1 cm³/mol. The van der Waals surface area contributed by atoms with Crippen LogP contribution in [-0.2, 0) is 6.54 Å². The SMILES string of the molecule is COc1ccccc1CN1CCCNC(O)CC(O)NCCC1. The minimum Gasteiger partial charge on any atom is -0.496 e. The highest BCUT2D eigenvalue weighted by Gasteiger charge is 2.14. The molecule has 4 N–H and O–H groups in total. The largest absolute Gasteiger partial charge is 0.496 e. The lowest BCUT2D eigenvalue weighted by Gasteiger charge is -2.26. The van der Waals surface area contributed by atoms with Gasteiger partial charge >= 0.3 is 0 Å². The first-order valence-corrected chi connectivity index (χ1v) is 8.36. The lowest BCUT2D eigenvalue weighted by Crippen LogP contribution is -2.41. The average molecular weight is 323 g/mol. The van der Waals surface area contributed by atoms with Crippen LogP contribution in [0.25, 0.3) is 0 Å². The number of rotatable bonds is 3. The predicted octanol–water partition coefficient (Wildman–Crippen LogP) is 0.497. The Morgan fingerprint density at radius 1 is 1.09 bits per heavy atom. The maximum absolute atomic E-state index is 9.79. The standard InChI is InChI=1S/C17H29N3O3/c1-23-15-7-3-2-6-14(15)13-20-10-4-8-18-16(21)12-17(22)19-9-5-11-20/h2-3,6-7,16-19,21-22H,4-5,8-13H2,1H3. The molecule has 1 aliphatic heterocycles. The van der Waals surface area contributed by atoms with Crippen LogP contribution in [-0.4, -0.2) is 60.9 Å². The van der Waals surface area contributed by atoms with E-state index in [1.807, 2.05) is 18.2 Å². The number of hydrogen-bond donors (Lipinski definition) is 4. The third-order valence-corrected chi connectivity index (χ3v) is 4.10. The monoisotopic (exact) mass is 323 g/mol. The molecule has 1 aromatic carbocycles. The Morgan fingerprint density at radius 3 is 2.30 bits per heavy atom. The highest BCUT2D eigenvalue weighted by molar-refractivity contribution is 5.33.